The van der Waals surface area contributed by atoms with Crippen molar-refractivity contribution in [3.05, 3.63) is 71.6 Å². The molecule has 0 saturated heterocycles. The highest BCUT2D eigenvalue weighted by molar-refractivity contribution is 7.89. The molecule has 0 unspecified atom stereocenters. The van der Waals surface area contributed by atoms with E-state index >= 15 is 0 Å². The van der Waals surface area contributed by atoms with Gasteiger partial charge in [-0.15, -0.1) is 0 Å². The summed E-state index contributed by atoms with van der Waals surface area (Å²) < 4.78 is 37.4. The van der Waals surface area contributed by atoms with E-state index in [1.807, 2.05) is 17.8 Å². The average Bonchev–Trinajstić information content (AvgIpc) is 2.48. The van der Waals surface area contributed by atoms with Gasteiger partial charge >= 0.3 is 0 Å². The highest BCUT2D eigenvalue weighted by Crippen LogP contribution is 2.10. The number of benzene rings is 2. The summed E-state index contributed by atoms with van der Waals surface area (Å²) in [5.74, 6) is -0.655. The van der Waals surface area contributed by atoms with Crippen molar-refractivity contribution < 1.29 is 12.8 Å². The van der Waals surface area contributed by atoms with Gasteiger partial charge in [0, 0.05) is 0 Å². The van der Waals surface area contributed by atoms with Crippen molar-refractivity contribution in [1.29, 1.82) is 0 Å². The molecule has 22 heavy (non-hydrogen) atoms. The van der Waals surface area contributed by atoms with Crippen LogP contribution in [0.1, 0.15) is 11.1 Å². The molecule has 2 rings (SSSR count). The van der Waals surface area contributed by atoms with Gasteiger partial charge in [-0.25, -0.2) is 4.39 Å². The Kier molecular flexibility index (Phi) is 5.06. The molecule has 0 fully saturated rings. The van der Waals surface area contributed by atoms with Gasteiger partial charge in [0.2, 0.25) is 0 Å². The van der Waals surface area contributed by atoms with E-state index in [2.05, 4.69) is 5.10 Å². The maximum atomic E-state index is 13.6. The lowest BCUT2D eigenvalue weighted by atomic mass is 10.2. The highest BCUT2D eigenvalue weighted by atomic mass is 32.2. The summed E-state index contributed by atoms with van der Waals surface area (Å²) in [5, 5.41) is 3.43. The molecule has 0 aliphatic rings. The van der Waals surface area contributed by atoms with Crippen molar-refractivity contribution in [2.75, 3.05) is 0 Å². The molecule has 0 bridgehead atoms. The molecule has 114 valence electrons. The minimum absolute atomic E-state index is 0.0719. The molecule has 0 amide bonds. The SMILES string of the molecule is Cc1ccc(S(=O)(=O)NN=CC(F)=Cc2ccccc2)cc1. The van der Waals surface area contributed by atoms with Crippen LogP contribution in [-0.2, 0) is 10.0 Å². The number of sulfonamides is 1. The number of hydrazone groups is 1. The maximum absolute atomic E-state index is 13.6. The molecular weight excluding hydrogens is 303 g/mol. The average molecular weight is 318 g/mol. The second kappa shape index (κ2) is 7.00. The molecule has 1 N–H and O–H groups in total. The number of aryl methyl sites for hydroxylation is 1. The number of rotatable bonds is 5. The summed E-state index contributed by atoms with van der Waals surface area (Å²) in [4.78, 5) is 2.04. The van der Waals surface area contributed by atoms with Gasteiger partial charge in [-0.1, -0.05) is 48.0 Å². The molecule has 0 spiro atoms. The van der Waals surface area contributed by atoms with Crippen molar-refractivity contribution in [1.82, 2.24) is 4.83 Å². The lowest BCUT2D eigenvalue weighted by molar-refractivity contribution is 0.584. The van der Waals surface area contributed by atoms with Crippen LogP contribution in [0.25, 0.3) is 6.08 Å². The molecular formula is C16H15FN2O2S. The second-order valence-corrected chi connectivity index (χ2v) is 6.27. The van der Waals surface area contributed by atoms with Crippen LogP contribution in [-0.4, -0.2) is 14.6 Å². The quantitative estimate of drug-likeness (QED) is 0.679. The van der Waals surface area contributed by atoms with Crippen molar-refractivity contribution in [3.63, 3.8) is 0 Å². The molecule has 0 aliphatic heterocycles. The van der Waals surface area contributed by atoms with E-state index in [1.54, 1.807) is 36.4 Å². The van der Waals surface area contributed by atoms with Gasteiger partial charge in [-0.05, 0) is 30.7 Å². The standard InChI is InChI=1S/C16H15FN2O2S/c1-13-7-9-16(10-8-13)22(20,21)19-18-12-15(17)11-14-5-3-2-4-6-14/h2-12,19H,1H3. The van der Waals surface area contributed by atoms with Crippen molar-refractivity contribution >= 4 is 22.3 Å². The third-order valence-corrected chi connectivity index (χ3v) is 4.03. The topological polar surface area (TPSA) is 58.5 Å². The van der Waals surface area contributed by atoms with Crippen LogP contribution in [0.5, 0.6) is 0 Å². The van der Waals surface area contributed by atoms with Gasteiger partial charge < -0.3 is 0 Å². The molecule has 6 heteroatoms. The van der Waals surface area contributed by atoms with E-state index in [-0.39, 0.29) is 4.90 Å². The van der Waals surface area contributed by atoms with Crippen molar-refractivity contribution in [3.8, 4) is 0 Å². The Morgan fingerprint density at radius 1 is 1.09 bits per heavy atom. The lowest BCUT2D eigenvalue weighted by Crippen LogP contribution is -2.18. The molecule has 0 heterocycles. The Bertz CT molecular complexity index is 783. The monoisotopic (exact) mass is 318 g/mol. The summed E-state index contributed by atoms with van der Waals surface area (Å²) in [6.45, 7) is 1.85. The van der Waals surface area contributed by atoms with Crippen molar-refractivity contribution in [2.45, 2.75) is 11.8 Å². The normalized spacial score (nSPS) is 12.5. The zero-order chi connectivity index (χ0) is 16.0. The van der Waals surface area contributed by atoms with Gasteiger partial charge in [0.05, 0.1) is 11.1 Å². The van der Waals surface area contributed by atoms with E-state index < -0.39 is 15.9 Å². The molecule has 0 atom stereocenters. The van der Waals surface area contributed by atoms with Crippen LogP contribution < -0.4 is 4.83 Å². The number of hydrogen-bond donors (Lipinski definition) is 1. The number of halogens is 1. The number of nitrogens with zero attached hydrogens (tertiary/aromatic N) is 1. The molecule has 0 radical (unpaired) electrons. The van der Waals surface area contributed by atoms with E-state index in [9.17, 15) is 12.8 Å². The van der Waals surface area contributed by atoms with Gasteiger partial charge in [0.1, 0.15) is 5.83 Å². The third kappa shape index (κ3) is 4.53. The fraction of sp³-hybridized carbons (Fsp3) is 0.0625. The largest absolute Gasteiger partial charge is 0.276 e. The summed E-state index contributed by atoms with van der Waals surface area (Å²) in [6, 6.07) is 15.1. The molecule has 4 nitrogen and oxygen atoms in total. The number of allylic oxidation sites excluding steroid dienone is 1. The van der Waals surface area contributed by atoms with Crippen LogP contribution in [0.4, 0.5) is 4.39 Å². The lowest BCUT2D eigenvalue weighted by Gasteiger charge is -2.03. The number of nitrogens with one attached hydrogen (secondary N) is 1. The molecule has 2 aromatic rings. The third-order valence-electron chi connectivity index (χ3n) is 2.80. The Labute approximate surface area is 129 Å². The Morgan fingerprint density at radius 3 is 2.36 bits per heavy atom. The zero-order valence-electron chi connectivity index (χ0n) is 11.9. The minimum Gasteiger partial charge on any atom is -0.205 e. The van der Waals surface area contributed by atoms with Crippen LogP contribution in [0, 0.1) is 6.92 Å². The first-order valence-electron chi connectivity index (χ1n) is 6.51. The predicted octanol–water partition coefficient (Wildman–Crippen LogP) is 3.27. The summed E-state index contributed by atoms with van der Waals surface area (Å²) in [5.41, 5.74) is 1.60. The van der Waals surface area contributed by atoms with E-state index in [1.165, 1.54) is 18.2 Å². The minimum atomic E-state index is -3.79. The maximum Gasteiger partial charge on any atom is 0.276 e. The molecule has 0 aromatic heterocycles. The van der Waals surface area contributed by atoms with Crippen LogP contribution in [0.3, 0.4) is 0 Å². The smallest absolute Gasteiger partial charge is 0.205 e. The van der Waals surface area contributed by atoms with Crippen LogP contribution in [0.15, 0.2) is 70.4 Å². The highest BCUT2D eigenvalue weighted by Gasteiger charge is 2.11. The Morgan fingerprint density at radius 2 is 1.73 bits per heavy atom. The van der Waals surface area contributed by atoms with Gasteiger partial charge in [-0.3, -0.25) is 0 Å². The van der Waals surface area contributed by atoms with Gasteiger partial charge in [0.15, 0.2) is 0 Å². The predicted molar refractivity (Wildman–Crippen MR) is 85.5 cm³/mol. The first kappa shape index (κ1) is 15.9. The second-order valence-electron chi connectivity index (χ2n) is 4.61. The first-order chi connectivity index (χ1) is 10.5. The Balaban J connectivity index is 2.05. The van der Waals surface area contributed by atoms with Gasteiger partial charge in [-0.2, -0.15) is 18.4 Å². The molecule has 0 saturated carbocycles. The first-order valence-corrected chi connectivity index (χ1v) is 7.99. The summed E-state index contributed by atoms with van der Waals surface area (Å²) in [7, 11) is -3.79. The zero-order valence-corrected chi connectivity index (χ0v) is 12.7. The molecule has 0 aliphatic carbocycles. The number of hydrogen-bond acceptors (Lipinski definition) is 3. The van der Waals surface area contributed by atoms with E-state index in [0.29, 0.717) is 5.56 Å². The Hall–Kier alpha value is -2.47. The van der Waals surface area contributed by atoms with Crippen molar-refractivity contribution in [2.24, 2.45) is 5.10 Å². The fourth-order valence-electron chi connectivity index (χ4n) is 1.67. The van der Waals surface area contributed by atoms with Crippen LogP contribution >= 0.6 is 0 Å². The summed E-state index contributed by atoms with van der Waals surface area (Å²) >= 11 is 0. The summed E-state index contributed by atoms with van der Waals surface area (Å²) in [6.07, 6.45) is 2.07. The van der Waals surface area contributed by atoms with Gasteiger partial charge in [0.25, 0.3) is 10.0 Å². The fourth-order valence-corrected chi connectivity index (χ4v) is 2.46. The van der Waals surface area contributed by atoms with E-state index in [4.69, 9.17) is 0 Å². The molecule has 2 aromatic carbocycles. The van der Waals surface area contributed by atoms with E-state index in [0.717, 1.165) is 11.8 Å². The van der Waals surface area contributed by atoms with Crippen LogP contribution in [0.2, 0.25) is 0 Å².